The van der Waals surface area contributed by atoms with Crippen LogP contribution in [-0.2, 0) is 9.53 Å². The number of aromatic nitrogens is 1. The fourth-order valence-electron chi connectivity index (χ4n) is 2.19. The average molecular weight is 342 g/mol. The van der Waals surface area contributed by atoms with Gasteiger partial charge >= 0.3 is 0 Å². The molecule has 3 N–H and O–H groups in total. The zero-order valence-electron chi connectivity index (χ0n) is 14.3. The van der Waals surface area contributed by atoms with Gasteiger partial charge in [0.15, 0.2) is 0 Å². The smallest absolute Gasteiger partial charge is 0.257 e. The van der Waals surface area contributed by atoms with Crippen molar-refractivity contribution in [1.29, 1.82) is 0 Å². The van der Waals surface area contributed by atoms with Crippen molar-refractivity contribution in [3.05, 3.63) is 48.3 Å². The summed E-state index contributed by atoms with van der Waals surface area (Å²) in [5.74, 6) is -0.437. The van der Waals surface area contributed by atoms with Crippen LogP contribution >= 0.6 is 0 Å². The first kappa shape index (κ1) is 18.4. The minimum absolute atomic E-state index is 0.167. The molecule has 0 radical (unpaired) electrons. The van der Waals surface area contributed by atoms with Gasteiger partial charge in [-0.25, -0.2) is 0 Å². The molecule has 0 unspecified atom stereocenters. The SMILES string of the molecule is COCCCNc1cncc(C(=O)Nc2cccc(NC(C)=O)c2)c1. The number of hydrogen-bond acceptors (Lipinski definition) is 5. The second-order valence-electron chi connectivity index (χ2n) is 5.45. The Bertz CT molecular complexity index is 734. The summed E-state index contributed by atoms with van der Waals surface area (Å²) in [6.07, 6.45) is 4.04. The molecule has 2 amide bonds. The third-order valence-electron chi connectivity index (χ3n) is 3.30. The van der Waals surface area contributed by atoms with Gasteiger partial charge in [-0.3, -0.25) is 14.6 Å². The van der Waals surface area contributed by atoms with Crippen molar-refractivity contribution >= 4 is 28.9 Å². The number of hydrogen-bond donors (Lipinski definition) is 3. The molecule has 0 bridgehead atoms. The third kappa shape index (κ3) is 6.23. The Labute approximate surface area is 146 Å². The van der Waals surface area contributed by atoms with E-state index < -0.39 is 0 Å². The highest BCUT2D eigenvalue weighted by molar-refractivity contribution is 6.05. The van der Waals surface area contributed by atoms with Crippen LogP contribution < -0.4 is 16.0 Å². The number of methoxy groups -OCH3 is 1. The molecule has 0 spiro atoms. The van der Waals surface area contributed by atoms with E-state index in [0.717, 1.165) is 18.7 Å². The number of rotatable bonds is 8. The molecule has 0 fully saturated rings. The molecular weight excluding hydrogens is 320 g/mol. The predicted molar refractivity (Wildman–Crippen MR) is 97.9 cm³/mol. The number of carbonyl (C=O) groups excluding carboxylic acids is 2. The minimum atomic E-state index is -0.270. The summed E-state index contributed by atoms with van der Waals surface area (Å²) in [6, 6.07) is 8.70. The molecule has 0 saturated carbocycles. The van der Waals surface area contributed by atoms with Gasteiger partial charge in [0.05, 0.1) is 11.3 Å². The summed E-state index contributed by atoms with van der Waals surface area (Å²) >= 11 is 0. The molecular formula is C18H22N4O3. The molecule has 0 aliphatic heterocycles. The maximum atomic E-state index is 12.4. The van der Waals surface area contributed by atoms with Crippen LogP contribution in [0.15, 0.2) is 42.7 Å². The van der Waals surface area contributed by atoms with E-state index in [1.54, 1.807) is 43.6 Å². The zero-order chi connectivity index (χ0) is 18.1. The van der Waals surface area contributed by atoms with Crippen LogP contribution in [0.3, 0.4) is 0 Å². The Hall–Kier alpha value is -2.93. The monoisotopic (exact) mass is 342 g/mol. The van der Waals surface area contributed by atoms with Crippen LogP contribution in [0.25, 0.3) is 0 Å². The predicted octanol–water partition coefficient (Wildman–Crippen LogP) is 2.74. The number of nitrogens with zero attached hydrogens (tertiary/aromatic N) is 1. The summed E-state index contributed by atoms with van der Waals surface area (Å²) in [5, 5.41) is 8.67. The maximum absolute atomic E-state index is 12.4. The lowest BCUT2D eigenvalue weighted by Crippen LogP contribution is -2.13. The number of benzene rings is 1. The van der Waals surface area contributed by atoms with Crippen LogP contribution in [0.5, 0.6) is 0 Å². The fourth-order valence-corrected chi connectivity index (χ4v) is 2.19. The standard InChI is InChI=1S/C18H22N4O3/c1-13(23)21-15-5-3-6-16(10-15)22-18(24)14-9-17(12-19-11-14)20-7-4-8-25-2/h3,5-6,9-12,20H,4,7-8H2,1-2H3,(H,21,23)(H,22,24). The zero-order valence-corrected chi connectivity index (χ0v) is 14.3. The van der Waals surface area contributed by atoms with Gasteiger partial charge in [-0.15, -0.1) is 0 Å². The minimum Gasteiger partial charge on any atom is -0.385 e. The Morgan fingerprint density at radius 3 is 2.56 bits per heavy atom. The normalized spacial score (nSPS) is 10.2. The van der Waals surface area contributed by atoms with Gasteiger partial charge in [0.1, 0.15) is 0 Å². The lowest BCUT2D eigenvalue weighted by atomic mass is 10.2. The Kier molecular flexibility index (Phi) is 6.91. The van der Waals surface area contributed by atoms with Crippen molar-refractivity contribution in [2.75, 3.05) is 36.2 Å². The quantitative estimate of drug-likeness (QED) is 0.642. The van der Waals surface area contributed by atoms with E-state index in [4.69, 9.17) is 4.74 Å². The van der Waals surface area contributed by atoms with Gasteiger partial charge in [0, 0.05) is 51.0 Å². The summed E-state index contributed by atoms with van der Waals surface area (Å²) in [7, 11) is 1.66. The van der Waals surface area contributed by atoms with Crippen LogP contribution in [0.1, 0.15) is 23.7 Å². The molecule has 1 aromatic heterocycles. The molecule has 0 aliphatic carbocycles. The Morgan fingerprint density at radius 1 is 1.08 bits per heavy atom. The summed E-state index contributed by atoms with van der Waals surface area (Å²) in [4.78, 5) is 27.6. The summed E-state index contributed by atoms with van der Waals surface area (Å²) in [5.41, 5.74) is 2.43. The topological polar surface area (TPSA) is 92.3 Å². The lowest BCUT2D eigenvalue weighted by Gasteiger charge is -2.09. The highest BCUT2D eigenvalue weighted by Gasteiger charge is 2.08. The number of nitrogens with one attached hydrogen (secondary N) is 3. The van der Waals surface area contributed by atoms with Crippen LogP contribution in [0.2, 0.25) is 0 Å². The average Bonchev–Trinajstić information content (AvgIpc) is 2.59. The molecule has 2 rings (SSSR count). The number of ether oxygens (including phenoxy) is 1. The van der Waals surface area contributed by atoms with Gasteiger partial charge < -0.3 is 20.7 Å². The molecule has 7 nitrogen and oxygen atoms in total. The van der Waals surface area contributed by atoms with Crippen molar-refractivity contribution in [1.82, 2.24) is 4.98 Å². The van der Waals surface area contributed by atoms with Crippen molar-refractivity contribution in [2.24, 2.45) is 0 Å². The van der Waals surface area contributed by atoms with Gasteiger partial charge in [-0.2, -0.15) is 0 Å². The molecule has 132 valence electrons. The van der Waals surface area contributed by atoms with E-state index in [1.165, 1.54) is 13.1 Å². The van der Waals surface area contributed by atoms with E-state index in [0.29, 0.717) is 23.5 Å². The Morgan fingerprint density at radius 2 is 1.84 bits per heavy atom. The Balaban J connectivity index is 1.99. The van der Waals surface area contributed by atoms with Crippen molar-refractivity contribution < 1.29 is 14.3 Å². The highest BCUT2D eigenvalue weighted by atomic mass is 16.5. The summed E-state index contributed by atoms with van der Waals surface area (Å²) < 4.78 is 5.00. The van der Waals surface area contributed by atoms with E-state index in [-0.39, 0.29) is 11.8 Å². The van der Waals surface area contributed by atoms with Crippen molar-refractivity contribution in [2.45, 2.75) is 13.3 Å². The second-order valence-corrected chi connectivity index (χ2v) is 5.45. The number of carbonyl (C=O) groups is 2. The maximum Gasteiger partial charge on any atom is 0.257 e. The molecule has 1 heterocycles. The number of amides is 2. The largest absolute Gasteiger partial charge is 0.385 e. The molecule has 7 heteroatoms. The second kappa shape index (κ2) is 9.39. The van der Waals surface area contributed by atoms with E-state index >= 15 is 0 Å². The molecule has 0 saturated heterocycles. The molecule has 2 aromatic rings. The van der Waals surface area contributed by atoms with Crippen LogP contribution in [0, 0.1) is 0 Å². The first-order valence-electron chi connectivity index (χ1n) is 7.95. The first-order chi connectivity index (χ1) is 12.1. The van der Waals surface area contributed by atoms with E-state index in [1.807, 2.05) is 0 Å². The molecule has 1 aromatic carbocycles. The van der Waals surface area contributed by atoms with Crippen LogP contribution in [0.4, 0.5) is 17.1 Å². The van der Waals surface area contributed by atoms with Crippen molar-refractivity contribution in [3.8, 4) is 0 Å². The van der Waals surface area contributed by atoms with E-state index in [2.05, 4.69) is 20.9 Å². The molecule has 0 aliphatic rings. The van der Waals surface area contributed by atoms with E-state index in [9.17, 15) is 9.59 Å². The fraction of sp³-hybridized carbons (Fsp3) is 0.278. The van der Waals surface area contributed by atoms with Gasteiger partial charge in [-0.05, 0) is 30.7 Å². The van der Waals surface area contributed by atoms with Crippen molar-refractivity contribution in [3.63, 3.8) is 0 Å². The third-order valence-corrected chi connectivity index (χ3v) is 3.30. The summed E-state index contributed by atoms with van der Waals surface area (Å²) in [6.45, 7) is 2.84. The molecule has 0 atom stereocenters. The van der Waals surface area contributed by atoms with Gasteiger partial charge in [-0.1, -0.05) is 6.07 Å². The first-order valence-corrected chi connectivity index (χ1v) is 7.95. The number of anilines is 3. The number of pyridine rings is 1. The lowest BCUT2D eigenvalue weighted by molar-refractivity contribution is -0.114. The highest BCUT2D eigenvalue weighted by Crippen LogP contribution is 2.17. The van der Waals surface area contributed by atoms with Crippen LogP contribution in [-0.4, -0.2) is 37.1 Å². The molecule has 25 heavy (non-hydrogen) atoms. The van der Waals surface area contributed by atoms with Gasteiger partial charge in [0.2, 0.25) is 5.91 Å². The van der Waals surface area contributed by atoms with Gasteiger partial charge in [0.25, 0.3) is 5.91 Å².